The highest BCUT2D eigenvalue weighted by Crippen LogP contribution is 2.65. The van der Waals surface area contributed by atoms with E-state index >= 15 is 0 Å². The highest BCUT2D eigenvalue weighted by Gasteiger charge is 2.61. The maximum absolute atomic E-state index is 2.44. The Morgan fingerprint density at radius 3 is 2.77 bits per heavy atom. The molecule has 2 aliphatic rings. The number of para-hydroxylation sites is 2. The van der Waals surface area contributed by atoms with E-state index in [-0.39, 0.29) is 5.41 Å². The van der Waals surface area contributed by atoms with Gasteiger partial charge in [0.05, 0.1) is 5.41 Å². The highest BCUT2D eigenvalue weighted by molar-refractivity contribution is 7.16. The Labute approximate surface area is 158 Å². The summed E-state index contributed by atoms with van der Waals surface area (Å²) < 4.78 is 3.65. The quantitative estimate of drug-likeness (QED) is 0.571. The lowest BCUT2D eigenvalue weighted by Crippen LogP contribution is -2.26. The minimum Gasteiger partial charge on any atom is -0.348 e. The molecule has 1 aliphatic heterocycles. The molecule has 0 bridgehead atoms. The second kappa shape index (κ2) is 5.82. The third-order valence-corrected chi connectivity index (χ3v) is 6.89. The van der Waals surface area contributed by atoms with E-state index in [1.807, 2.05) is 11.3 Å². The lowest BCUT2D eigenvalue weighted by Gasteiger charge is -2.30. The fourth-order valence-corrected chi connectivity index (χ4v) is 5.50. The van der Waals surface area contributed by atoms with Crippen LogP contribution in [0.15, 0.2) is 71.9 Å². The van der Waals surface area contributed by atoms with Crippen LogP contribution in [0.4, 0.5) is 5.69 Å². The molecular weight excluding hydrogens is 336 g/mol. The number of nitrogens with zero attached hydrogens (tertiary/aromatic N) is 2. The van der Waals surface area contributed by atoms with E-state index in [0.29, 0.717) is 5.92 Å². The van der Waals surface area contributed by atoms with E-state index in [9.17, 15) is 0 Å². The van der Waals surface area contributed by atoms with Gasteiger partial charge in [0.1, 0.15) is 4.70 Å². The number of aromatic nitrogens is 1. The predicted octanol–water partition coefficient (Wildman–Crippen LogP) is 5.36. The Bertz CT molecular complexity index is 1050. The van der Waals surface area contributed by atoms with Crippen LogP contribution in [0.2, 0.25) is 0 Å². The van der Waals surface area contributed by atoms with Crippen LogP contribution in [0.25, 0.3) is 16.4 Å². The first kappa shape index (κ1) is 15.8. The molecule has 1 spiro atoms. The van der Waals surface area contributed by atoms with Gasteiger partial charge in [-0.05, 0) is 31.0 Å². The summed E-state index contributed by atoms with van der Waals surface area (Å²) in [7, 11) is 0. The molecule has 26 heavy (non-hydrogen) atoms. The minimum absolute atomic E-state index is 0.0764. The molecule has 1 aromatic heterocycles. The molecular formula is C23H23N2S+. The standard InChI is InChI=1S/C23H23N2S/c1-3-17-19(15-25-16-26-22-12-8-7-11-21(22)25)23(17)13-14-24(4-2)20-10-6-5-9-18(20)23/h5-17H,3-4H2,1-2H3/q+1. The summed E-state index contributed by atoms with van der Waals surface area (Å²) in [5, 5.41) is 0. The number of hydrogen-bond acceptors (Lipinski definition) is 2. The second-order valence-electron chi connectivity index (χ2n) is 7.13. The number of allylic oxidation sites excluding steroid dienone is 2. The van der Waals surface area contributed by atoms with Crippen molar-refractivity contribution in [3.63, 3.8) is 0 Å². The average Bonchev–Trinajstić information content (AvgIpc) is 3.09. The number of hydrogen-bond donors (Lipinski definition) is 0. The van der Waals surface area contributed by atoms with Gasteiger partial charge in [-0.1, -0.05) is 54.7 Å². The van der Waals surface area contributed by atoms with Gasteiger partial charge in [0.2, 0.25) is 11.0 Å². The van der Waals surface area contributed by atoms with E-state index in [1.54, 1.807) is 0 Å². The number of fused-ring (bicyclic) bond motifs is 3. The van der Waals surface area contributed by atoms with Crippen molar-refractivity contribution in [2.45, 2.75) is 25.7 Å². The normalized spacial score (nSPS) is 25.2. The third-order valence-electron chi connectivity index (χ3n) is 5.96. The Kier molecular flexibility index (Phi) is 3.54. The van der Waals surface area contributed by atoms with Gasteiger partial charge in [-0.2, -0.15) is 4.57 Å². The van der Waals surface area contributed by atoms with Crippen LogP contribution in [0.1, 0.15) is 25.8 Å². The molecule has 5 rings (SSSR count). The van der Waals surface area contributed by atoms with Gasteiger partial charge in [-0.3, -0.25) is 0 Å². The molecule has 1 aliphatic carbocycles. The monoisotopic (exact) mass is 359 g/mol. The van der Waals surface area contributed by atoms with Crippen LogP contribution in [0.3, 0.4) is 0 Å². The molecule has 2 heterocycles. The van der Waals surface area contributed by atoms with Crippen molar-refractivity contribution in [3.8, 4) is 0 Å². The van der Waals surface area contributed by atoms with Crippen molar-refractivity contribution in [1.82, 2.24) is 0 Å². The zero-order valence-electron chi connectivity index (χ0n) is 15.2. The SMILES string of the molecule is CCC1C(=C[n+]2csc3ccccc32)C12C=CN(CC)c1ccccc12. The second-order valence-corrected chi connectivity index (χ2v) is 8.02. The molecule has 2 nitrogen and oxygen atoms in total. The van der Waals surface area contributed by atoms with Gasteiger partial charge in [0.15, 0.2) is 6.20 Å². The fourth-order valence-electron chi connectivity index (χ4n) is 4.65. The van der Waals surface area contributed by atoms with Crippen LogP contribution >= 0.6 is 11.3 Å². The van der Waals surface area contributed by atoms with Crippen molar-refractivity contribution < 1.29 is 4.57 Å². The topological polar surface area (TPSA) is 7.12 Å². The lowest BCUT2D eigenvalue weighted by atomic mass is 9.87. The molecule has 1 fully saturated rings. The van der Waals surface area contributed by atoms with Crippen LogP contribution in [0, 0.1) is 5.92 Å². The van der Waals surface area contributed by atoms with E-state index < -0.39 is 0 Å². The molecule has 2 unspecified atom stereocenters. The summed E-state index contributed by atoms with van der Waals surface area (Å²) in [5.74, 6) is 0.588. The van der Waals surface area contributed by atoms with Gasteiger partial charge < -0.3 is 4.90 Å². The molecule has 0 N–H and O–H groups in total. The Hall–Kier alpha value is -2.39. The molecule has 0 saturated heterocycles. The molecule has 2 aromatic carbocycles. The first-order valence-electron chi connectivity index (χ1n) is 9.44. The smallest absolute Gasteiger partial charge is 0.231 e. The summed E-state index contributed by atoms with van der Waals surface area (Å²) in [6.45, 7) is 5.53. The van der Waals surface area contributed by atoms with Crippen LogP contribution < -0.4 is 9.47 Å². The van der Waals surface area contributed by atoms with Gasteiger partial charge in [-0.25, -0.2) is 0 Å². The largest absolute Gasteiger partial charge is 0.348 e. The first-order chi connectivity index (χ1) is 12.8. The average molecular weight is 360 g/mol. The fraction of sp³-hybridized carbons (Fsp3) is 0.261. The van der Waals surface area contributed by atoms with Crippen LogP contribution in [0.5, 0.6) is 0 Å². The molecule has 1 saturated carbocycles. The van der Waals surface area contributed by atoms with E-state index in [2.05, 4.69) is 95.8 Å². The number of benzene rings is 2. The van der Waals surface area contributed by atoms with E-state index in [0.717, 1.165) is 6.54 Å². The minimum atomic E-state index is 0.0764. The lowest BCUT2D eigenvalue weighted by molar-refractivity contribution is -0.534. The molecule has 0 amide bonds. The van der Waals surface area contributed by atoms with Crippen molar-refractivity contribution in [3.05, 3.63) is 77.5 Å². The van der Waals surface area contributed by atoms with E-state index in [1.165, 1.54) is 33.5 Å². The molecule has 3 heteroatoms. The summed E-state index contributed by atoms with van der Waals surface area (Å²) >= 11 is 1.81. The summed E-state index contributed by atoms with van der Waals surface area (Å²) in [5.41, 5.74) is 7.96. The van der Waals surface area contributed by atoms with Crippen LogP contribution in [-0.4, -0.2) is 6.54 Å². The van der Waals surface area contributed by atoms with Gasteiger partial charge in [-0.15, -0.1) is 0 Å². The van der Waals surface area contributed by atoms with Crippen molar-refractivity contribution in [2.24, 2.45) is 5.92 Å². The van der Waals surface area contributed by atoms with Crippen molar-refractivity contribution in [1.29, 1.82) is 0 Å². The van der Waals surface area contributed by atoms with Gasteiger partial charge in [0, 0.05) is 36.0 Å². The van der Waals surface area contributed by atoms with E-state index in [4.69, 9.17) is 0 Å². The number of thiazole rings is 1. The van der Waals surface area contributed by atoms with Gasteiger partial charge >= 0.3 is 0 Å². The van der Waals surface area contributed by atoms with Gasteiger partial charge in [0.25, 0.3) is 0 Å². The molecule has 3 aromatic rings. The number of rotatable bonds is 3. The first-order valence-corrected chi connectivity index (χ1v) is 10.3. The Morgan fingerprint density at radius 1 is 1.12 bits per heavy atom. The van der Waals surface area contributed by atoms with Crippen molar-refractivity contribution in [2.75, 3.05) is 11.4 Å². The van der Waals surface area contributed by atoms with Crippen LogP contribution in [-0.2, 0) is 5.41 Å². The van der Waals surface area contributed by atoms with Crippen molar-refractivity contribution >= 4 is 33.4 Å². The Morgan fingerprint density at radius 2 is 1.92 bits per heavy atom. The third kappa shape index (κ3) is 2.07. The number of anilines is 1. The summed E-state index contributed by atoms with van der Waals surface area (Å²) in [6.07, 6.45) is 8.28. The zero-order valence-corrected chi connectivity index (χ0v) is 16.0. The zero-order chi connectivity index (χ0) is 17.7. The molecule has 0 radical (unpaired) electrons. The summed E-state index contributed by atoms with van der Waals surface area (Å²) in [4.78, 5) is 2.36. The Balaban J connectivity index is 1.66. The maximum atomic E-state index is 2.44. The molecule has 130 valence electrons. The molecule has 2 atom stereocenters. The maximum Gasteiger partial charge on any atom is 0.231 e. The summed E-state index contributed by atoms with van der Waals surface area (Å²) in [6, 6.07) is 17.6. The predicted molar refractivity (Wildman–Crippen MR) is 110 cm³/mol. The highest BCUT2D eigenvalue weighted by atomic mass is 32.1.